The number of Topliss-reactive ketones (excluding diaryl/α,β-unsaturated/α-hetero) is 1. The third-order valence-electron chi connectivity index (χ3n) is 2.11. The number of hydrogen-bond donors (Lipinski definition) is 1. The fourth-order valence-electron chi connectivity index (χ4n) is 1.38. The van der Waals surface area contributed by atoms with Crippen molar-refractivity contribution in [1.82, 2.24) is 0 Å². The van der Waals surface area contributed by atoms with Crippen molar-refractivity contribution >= 4 is 17.4 Å². The summed E-state index contributed by atoms with van der Waals surface area (Å²) in [5.41, 5.74) is 1.23. The van der Waals surface area contributed by atoms with Gasteiger partial charge in [0.25, 0.3) is 0 Å². The molecule has 1 rings (SSSR count). The second kappa shape index (κ2) is 5.90. The molecule has 0 fully saturated rings. The first-order valence-electron chi connectivity index (χ1n) is 5.14. The molecule has 0 aliphatic heterocycles. The maximum absolute atomic E-state index is 11.8. The van der Waals surface area contributed by atoms with Crippen LogP contribution in [0.25, 0.3) is 0 Å². The summed E-state index contributed by atoms with van der Waals surface area (Å²) in [5, 5.41) is 2.91. The maximum Gasteiger partial charge on any atom is 0.313 e. The number of carbonyl (C=O) groups excluding carboxylic acids is 2. The highest BCUT2D eigenvalue weighted by molar-refractivity contribution is 6.09. The number of hydrogen-bond acceptors (Lipinski definition) is 4. The molecule has 0 saturated heterocycles. The molecule has 1 aromatic rings. The molecule has 0 amide bonds. The second-order valence-electron chi connectivity index (χ2n) is 3.20. The van der Waals surface area contributed by atoms with E-state index < -0.39 is 5.97 Å². The van der Waals surface area contributed by atoms with E-state index in [1.165, 1.54) is 0 Å². The molecule has 1 aromatic carbocycles. The third kappa shape index (κ3) is 3.08. The Morgan fingerprint density at radius 1 is 1.31 bits per heavy atom. The SMILES string of the molecule is CCOC(=O)CC(=O)c1ccccc1NC. The first kappa shape index (κ1) is 12.2. The molecule has 0 aliphatic rings. The van der Waals surface area contributed by atoms with Crippen LogP contribution in [-0.4, -0.2) is 25.4 Å². The highest BCUT2D eigenvalue weighted by atomic mass is 16.5. The zero-order valence-electron chi connectivity index (χ0n) is 9.45. The Labute approximate surface area is 94.6 Å². The van der Waals surface area contributed by atoms with Gasteiger partial charge in [0.05, 0.1) is 6.61 Å². The molecular formula is C12H15NO3. The van der Waals surface area contributed by atoms with Gasteiger partial charge in [-0.1, -0.05) is 12.1 Å². The quantitative estimate of drug-likeness (QED) is 0.468. The van der Waals surface area contributed by atoms with Crippen LogP contribution >= 0.6 is 0 Å². The van der Waals surface area contributed by atoms with Gasteiger partial charge < -0.3 is 10.1 Å². The van der Waals surface area contributed by atoms with Crippen LogP contribution in [0.5, 0.6) is 0 Å². The van der Waals surface area contributed by atoms with Gasteiger partial charge in [0.1, 0.15) is 6.42 Å². The van der Waals surface area contributed by atoms with Gasteiger partial charge >= 0.3 is 5.97 Å². The lowest BCUT2D eigenvalue weighted by molar-refractivity contribution is -0.141. The molecular weight excluding hydrogens is 206 g/mol. The Balaban J connectivity index is 2.76. The average Bonchev–Trinajstić information content (AvgIpc) is 2.29. The summed E-state index contributed by atoms with van der Waals surface area (Å²) in [6.45, 7) is 2.00. The van der Waals surface area contributed by atoms with Crippen molar-refractivity contribution in [2.75, 3.05) is 19.0 Å². The summed E-state index contributed by atoms with van der Waals surface area (Å²) >= 11 is 0. The second-order valence-corrected chi connectivity index (χ2v) is 3.20. The standard InChI is InChI=1S/C12H15NO3/c1-3-16-12(15)8-11(14)9-6-4-5-7-10(9)13-2/h4-7,13H,3,8H2,1-2H3. The van der Waals surface area contributed by atoms with Crippen molar-refractivity contribution < 1.29 is 14.3 Å². The number of rotatable bonds is 5. The molecule has 0 bridgehead atoms. The molecule has 16 heavy (non-hydrogen) atoms. The smallest absolute Gasteiger partial charge is 0.313 e. The van der Waals surface area contributed by atoms with Crippen LogP contribution in [0, 0.1) is 0 Å². The number of benzene rings is 1. The van der Waals surface area contributed by atoms with Gasteiger partial charge in [-0.05, 0) is 19.1 Å². The van der Waals surface area contributed by atoms with Gasteiger partial charge in [-0.3, -0.25) is 9.59 Å². The van der Waals surface area contributed by atoms with E-state index in [0.29, 0.717) is 12.2 Å². The lowest BCUT2D eigenvalue weighted by atomic mass is 10.1. The van der Waals surface area contributed by atoms with Crippen LogP contribution < -0.4 is 5.32 Å². The minimum absolute atomic E-state index is 0.216. The molecule has 0 spiro atoms. The van der Waals surface area contributed by atoms with Crippen molar-refractivity contribution in [3.63, 3.8) is 0 Å². The summed E-state index contributed by atoms with van der Waals surface area (Å²) < 4.78 is 4.73. The number of ketones is 1. The molecule has 0 aliphatic carbocycles. The van der Waals surface area contributed by atoms with Gasteiger partial charge in [-0.15, -0.1) is 0 Å². The monoisotopic (exact) mass is 221 g/mol. The van der Waals surface area contributed by atoms with Crippen LogP contribution in [0.3, 0.4) is 0 Å². The zero-order valence-corrected chi connectivity index (χ0v) is 9.45. The minimum atomic E-state index is -0.488. The van der Waals surface area contributed by atoms with Gasteiger partial charge in [0, 0.05) is 18.3 Å². The van der Waals surface area contributed by atoms with Crippen molar-refractivity contribution in [1.29, 1.82) is 0 Å². The van der Waals surface area contributed by atoms with E-state index in [2.05, 4.69) is 5.32 Å². The minimum Gasteiger partial charge on any atom is -0.466 e. The highest BCUT2D eigenvalue weighted by Crippen LogP contribution is 2.16. The van der Waals surface area contributed by atoms with E-state index in [4.69, 9.17) is 4.74 Å². The Bertz CT molecular complexity index is 388. The number of carbonyl (C=O) groups is 2. The molecule has 0 saturated carbocycles. The molecule has 1 N–H and O–H groups in total. The number of esters is 1. The molecule has 0 unspecified atom stereocenters. The molecule has 0 radical (unpaired) electrons. The Hall–Kier alpha value is -1.84. The summed E-state index contributed by atoms with van der Waals surface area (Å²) in [5.74, 6) is -0.721. The predicted molar refractivity (Wildman–Crippen MR) is 61.6 cm³/mol. The van der Waals surface area contributed by atoms with Crippen molar-refractivity contribution in [2.24, 2.45) is 0 Å². The summed E-state index contributed by atoms with van der Waals surface area (Å²) in [6.07, 6.45) is -0.216. The van der Waals surface area contributed by atoms with Crippen molar-refractivity contribution in [2.45, 2.75) is 13.3 Å². The van der Waals surface area contributed by atoms with E-state index in [0.717, 1.165) is 5.69 Å². The van der Waals surface area contributed by atoms with Crippen molar-refractivity contribution in [3.8, 4) is 0 Å². The van der Waals surface area contributed by atoms with Crippen LogP contribution in [0.15, 0.2) is 24.3 Å². The lowest BCUT2D eigenvalue weighted by Crippen LogP contribution is -2.12. The van der Waals surface area contributed by atoms with Crippen LogP contribution in [0.1, 0.15) is 23.7 Å². The van der Waals surface area contributed by atoms with E-state index in [-0.39, 0.29) is 12.2 Å². The van der Waals surface area contributed by atoms with E-state index >= 15 is 0 Å². The first-order valence-corrected chi connectivity index (χ1v) is 5.14. The molecule has 0 heterocycles. The Kier molecular flexibility index (Phi) is 4.51. The van der Waals surface area contributed by atoms with Crippen LogP contribution in [-0.2, 0) is 9.53 Å². The predicted octanol–water partition coefficient (Wildman–Crippen LogP) is 1.86. The van der Waals surface area contributed by atoms with E-state index in [1.807, 2.05) is 6.07 Å². The van der Waals surface area contributed by atoms with Gasteiger partial charge in [0.2, 0.25) is 0 Å². The summed E-state index contributed by atoms with van der Waals surface area (Å²) in [6, 6.07) is 7.07. The average molecular weight is 221 g/mol. The van der Waals surface area contributed by atoms with Crippen LogP contribution in [0.4, 0.5) is 5.69 Å². The van der Waals surface area contributed by atoms with Crippen molar-refractivity contribution in [3.05, 3.63) is 29.8 Å². The van der Waals surface area contributed by atoms with E-state index in [1.54, 1.807) is 32.2 Å². The lowest BCUT2D eigenvalue weighted by Gasteiger charge is -2.07. The summed E-state index contributed by atoms with van der Waals surface area (Å²) in [4.78, 5) is 22.9. The topological polar surface area (TPSA) is 55.4 Å². The third-order valence-corrected chi connectivity index (χ3v) is 2.11. The summed E-state index contributed by atoms with van der Waals surface area (Å²) in [7, 11) is 1.73. The molecule has 0 aromatic heterocycles. The van der Waals surface area contributed by atoms with Gasteiger partial charge in [-0.2, -0.15) is 0 Å². The molecule has 4 nitrogen and oxygen atoms in total. The van der Waals surface area contributed by atoms with Gasteiger partial charge in [0.15, 0.2) is 5.78 Å². The number of nitrogens with one attached hydrogen (secondary N) is 1. The fourth-order valence-corrected chi connectivity index (χ4v) is 1.38. The Morgan fingerprint density at radius 2 is 2.00 bits per heavy atom. The highest BCUT2D eigenvalue weighted by Gasteiger charge is 2.14. The zero-order chi connectivity index (χ0) is 12.0. The fraction of sp³-hybridized carbons (Fsp3) is 0.333. The van der Waals surface area contributed by atoms with Crippen LogP contribution in [0.2, 0.25) is 0 Å². The number of ether oxygens (including phenoxy) is 1. The Morgan fingerprint density at radius 3 is 2.62 bits per heavy atom. The number of para-hydroxylation sites is 1. The molecule has 86 valence electrons. The first-order chi connectivity index (χ1) is 7.69. The van der Waals surface area contributed by atoms with E-state index in [9.17, 15) is 9.59 Å². The number of anilines is 1. The molecule has 4 heteroatoms. The maximum atomic E-state index is 11.8. The molecule has 0 atom stereocenters. The largest absolute Gasteiger partial charge is 0.466 e. The normalized spacial score (nSPS) is 9.62. The van der Waals surface area contributed by atoms with Gasteiger partial charge in [-0.25, -0.2) is 0 Å².